The SMILES string of the molecule is CCCCc1ccc(NC(=O)C(=O)c2c(-c3ccc(OC)c(Cl)c3)cc3ccccn23)cc1. The number of amides is 1. The molecule has 5 nitrogen and oxygen atoms in total. The number of pyridine rings is 1. The van der Waals surface area contributed by atoms with Gasteiger partial charge in [-0.1, -0.05) is 49.2 Å². The summed E-state index contributed by atoms with van der Waals surface area (Å²) >= 11 is 6.33. The number of ketones is 1. The molecule has 0 aliphatic carbocycles. The number of fused-ring (bicyclic) bond motifs is 1. The van der Waals surface area contributed by atoms with Crippen molar-refractivity contribution in [2.75, 3.05) is 12.4 Å². The minimum atomic E-state index is -0.694. The lowest BCUT2D eigenvalue weighted by molar-refractivity contribution is -0.112. The van der Waals surface area contributed by atoms with Gasteiger partial charge in [0.2, 0.25) is 0 Å². The zero-order valence-electron chi connectivity index (χ0n) is 18.6. The van der Waals surface area contributed by atoms with Crippen molar-refractivity contribution in [1.29, 1.82) is 0 Å². The van der Waals surface area contributed by atoms with E-state index in [1.807, 2.05) is 54.6 Å². The Hall–Kier alpha value is -3.57. The second-order valence-electron chi connectivity index (χ2n) is 7.84. The number of carbonyl (C=O) groups excluding carboxylic acids is 2. The summed E-state index contributed by atoms with van der Waals surface area (Å²) in [6, 6.07) is 20.4. The summed E-state index contributed by atoms with van der Waals surface area (Å²) in [5, 5.41) is 3.17. The molecule has 0 fully saturated rings. The second kappa shape index (κ2) is 9.92. The first-order chi connectivity index (χ1) is 16.0. The lowest BCUT2D eigenvalue weighted by Gasteiger charge is -2.09. The van der Waals surface area contributed by atoms with Crippen molar-refractivity contribution in [2.45, 2.75) is 26.2 Å². The van der Waals surface area contributed by atoms with Crippen LogP contribution in [-0.4, -0.2) is 23.2 Å². The lowest BCUT2D eigenvalue weighted by Crippen LogP contribution is -2.24. The molecule has 0 aliphatic heterocycles. The fourth-order valence-corrected chi connectivity index (χ4v) is 4.10. The fraction of sp³-hybridized carbons (Fsp3) is 0.185. The van der Waals surface area contributed by atoms with E-state index in [9.17, 15) is 9.59 Å². The number of rotatable bonds is 8. The highest BCUT2D eigenvalue weighted by molar-refractivity contribution is 6.47. The molecule has 0 atom stereocenters. The minimum absolute atomic E-state index is 0.281. The molecule has 6 heteroatoms. The fourth-order valence-electron chi connectivity index (χ4n) is 3.84. The zero-order valence-corrected chi connectivity index (χ0v) is 19.4. The summed E-state index contributed by atoms with van der Waals surface area (Å²) in [6.45, 7) is 2.15. The Morgan fingerprint density at radius 3 is 2.52 bits per heavy atom. The average molecular weight is 461 g/mol. The number of nitrogens with zero attached hydrogens (tertiary/aromatic N) is 1. The standard InChI is InChI=1S/C27H25ClN2O3/c1-3-4-7-18-9-12-20(13-10-18)29-27(32)26(31)25-22(17-21-8-5-6-15-30(21)25)19-11-14-24(33-2)23(28)16-19/h5-6,8-17H,3-4,7H2,1-2H3,(H,29,32). The Kier molecular flexibility index (Phi) is 6.80. The van der Waals surface area contributed by atoms with Gasteiger partial charge in [-0.2, -0.15) is 0 Å². The zero-order chi connectivity index (χ0) is 23.4. The van der Waals surface area contributed by atoms with E-state index in [1.54, 1.807) is 29.8 Å². The van der Waals surface area contributed by atoms with Gasteiger partial charge in [-0.15, -0.1) is 0 Å². The maximum atomic E-state index is 13.3. The molecule has 0 saturated carbocycles. The number of aryl methyl sites for hydroxylation is 1. The molecule has 0 radical (unpaired) electrons. The highest BCUT2D eigenvalue weighted by Crippen LogP contribution is 2.34. The van der Waals surface area contributed by atoms with E-state index < -0.39 is 11.7 Å². The van der Waals surface area contributed by atoms with Gasteiger partial charge < -0.3 is 14.5 Å². The van der Waals surface area contributed by atoms with Gasteiger partial charge in [0.05, 0.1) is 12.1 Å². The number of hydrogen-bond acceptors (Lipinski definition) is 3. The van der Waals surface area contributed by atoms with E-state index in [1.165, 1.54) is 5.56 Å². The smallest absolute Gasteiger partial charge is 0.298 e. The van der Waals surface area contributed by atoms with E-state index in [4.69, 9.17) is 16.3 Å². The summed E-state index contributed by atoms with van der Waals surface area (Å²) < 4.78 is 6.96. The maximum absolute atomic E-state index is 13.3. The molecule has 1 N–H and O–H groups in total. The van der Waals surface area contributed by atoms with Crippen LogP contribution in [0.2, 0.25) is 5.02 Å². The van der Waals surface area contributed by atoms with Crippen molar-refractivity contribution in [3.63, 3.8) is 0 Å². The van der Waals surface area contributed by atoms with E-state index in [0.29, 0.717) is 22.0 Å². The Morgan fingerprint density at radius 2 is 1.82 bits per heavy atom. The molecule has 0 bridgehead atoms. The van der Waals surface area contributed by atoms with E-state index in [-0.39, 0.29) is 5.69 Å². The third-order valence-electron chi connectivity index (χ3n) is 5.59. The number of halogens is 1. The normalized spacial score (nSPS) is 10.9. The maximum Gasteiger partial charge on any atom is 0.298 e. The Labute approximate surface area is 198 Å². The molecular weight excluding hydrogens is 436 g/mol. The van der Waals surface area contributed by atoms with Crippen LogP contribution >= 0.6 is 11.6 Å². The van der Waals surface area contributed by atoms with E-state index in [0.717, 1.165) is 30.3 Å². The van der Waals surface area contributed by atoms with Gasteiger partial charge in [0.25, 0.3) is 11.7 Å². The molecule has 1 amide bonds. The lowest BCUT2D eigenvalue weighted by atomic mass is 10.0. The van der Waals surface area contributed by atoms with E-state index >= 15 is 0 Å². The van der Waals surface area contributed by atoms with Gasteiger partial charge in [0.15, 0.2) is 0 Å². The van der Waals surface area contributed by atoms with Crippen molar-refractivity contribution in [3.8, 4) is 16.9 Å². The number of Topliss-reactive ketones (excluding diaryl/α,β-unsaturated/α-hetero) is 1. The molecule has 168 valence electrons. The minimum Gasteiger partial charge on any atom is -0.495 e. The third-order valence-corrected chi connectivity index (χ3v) is 5.89. The highest BCUT2D eigenvalue weighted by atomic mass is 35.5. The first-order valence-corrected chi connectivity index (χ1v) is 11.3. The molecule has 2 heterocycles. The molecule has 0 saturated heterocycles. The average Bonchev–Trinajstić information content (AvgIpc) is 3.22. The van der Waals surface area contributed by atoms with Crippen LogP contribution in [0.25, 0.3) is 16.6 Å². The molecule has 0 aliphatic rings. The Bertz CT molecular complexity index is 1310. The van der Waals surface area contributed by atoms with Crippen LogP contribution in [0, 0.1) is 0 Å². The monoisotopic (exact) mass is 460 g/mol. The number of aromatic nitrogens is 1. The van der Waals surface area contributed by atoms with Crippen LogP contribution in [-0.2, 0) is 11.2 Å². The first-order valence-electron chi connectivity index (χ1n) is 10.9. The Morgan fingerprint density at radius 1 is 1.03 bits per heavy atom. The molecule has 4 rings (SSSR count). The number of methoxy groups -OCH3 is 1. The number of hydrogen-bond donors (Lipinski definition) is 1. The summed E-state index contributed by atoms with van der Waals surface area (Å²) in [5.41, 5.74) is 4.22. The number of anilines is 1. The predicted octanol–water partition coefficient (Wildman–Crippen LogP) is 6.43. The summed E-state index contributed by atoms with van der Waals surface area (Å²) in [6.07, 6.45) is 5.00. The van der Waals surface area contributed by atoms with Crippen molar-refractivity contribution in [2.24, 2.45) is 0 Å². The summed E-state index contributed by atoms with van der Waals surface area (Å²) in [5.74, 6) is -0.781. The topological polar surface area (TPSA) is 59.8 Å². The van der Waals surface area contributed by atoms with Crippen LogP contribution in [0.3, 0.4) is 0 Å². The second-order valence-corrected chi connectivity index (χ2v) is 8.24. The van der Waals surface area contributed by atoms with E-state index in [2.05, 4.69) is 12.2 Å². The molecule has 33 heavy (non-hydrogen) atoms. The first kappa shape index (κ1) is 22.6. The molecule has 0 unspecified atom stereocenters. The third kappa shape index (κ3) is 4.78. The number of unbranched alkanes of at least 4 members (excludes halogenated alkanes) is 1. The van der Waals surface area contributed by atoms with Gasteiger partial charge >= 0.3 is 0 Å². The number of carbonyl (C=O) groups is 2. The number of benzene rings is 2. The predicted molar refractivity (Wildman–Crippen MR) is 132 cm³/mol. The van der Waals surface area contributed by atoms with Gasteiger partial charge in [-0.25, -0.2) is 0 Å². The van der Waals surface area contributed by atoms with Gasteiger partial charge in [-0.3, -0.25) is 9.59 Å². The van der Waals surface area contributed by atoms with Crippen LogP contribution in [0.5, 0.6) is 5.75 Å². The van der Waals surface area contributed by atoms with Crippen LogP contribution in [0.15, 0.2) is 72.9 Å². The van der Waals surface area contributed by atoms with Gasteiger partial charge in [0, 0.05) is 23.0 Å². The molecule has 0 spiro atoms. The molecule has 4 aromatic rings. The van der Waals surface area contributed by atoms with Crippen LogP contribution in [0.4, 0.5) is 5.69 Å². The van der Waals surface area contributed by atoms with Crippen molar-refractivity contribution in [3.05, 3.63) is 89.2 Å². The van der Waals surface area contributed by atoms with Crippen LogP contribution in [0.1, 0.15) is 35.8 Å². The highest BCUT2D eigenvalue weighted by Gasteiger charge is 2.25. The van der Waals surface area contributed by atoms with Crippen molar-refractivity contribution >= 4 is 34.5 Å². The Balaban J connectivity index is 1.67. The van der Waals surface area contributed by atoms with Gasteiger partial charge in [-0.05, 0) is 66.4 Å². The molecular formula is C27H25ClN2O3. The van der Waals surface area contributed by atoms with Crippen molar-refractivity contribution in [1.82, 2.24) is 4.40 Å². The van der Waals surface area contributed by atoms with Crippen LogP contribution < -0.4 is 10.1 Å². The number of ether oxygens (including phenoxy) is 1. The quantitative estimate of drug-likeness (QED) is 0.243. The largest absolute Gasteiger partial charge is 0.495 e. The molecule has 2 aromatic heterocycles. The van der Waals surface area contributed by atoms with Crippen molar-refractivity contribution < 1.29 is 14.3 Å². The van der Waals surface area contributed by atoms with Gasteiger partial charge in [0.1, 0.15) is 11.4 Å². The molecule has 2 aromatic carbocycles. The number of nitrogens with one attached hydrogen (secondary N) is 1. The summed E-state index contributed by atoms with van der Waals surface area (Å²) in [4.78, 5) is 26.3. The summed E-state index contributed by atoms with van der Waals surface area (Å²) in [7, 11) is 1.54.